The summed E-state index contributed by atoms with van der Waals surface area (Å²) >= 11 is 7.29. The number of halogens is 1. The number of benzene rings is 1. The van der Waals surface area contributed by atoms with Gasteiger partial charge in [-0.05, 0) is 37.1 Å². The maximum atomic E-state index is 11.6. The topological polar surface area (TPSA) is 37.3 Å². The molecule has 4 heteroatoms. The van der Waals surface area contributed by atoms with E-state index >= 15 is 0 Å². The molecule has 0 saturated heterocycles. The van der Waals surface area contributed by atoms with Crippen LogP contribution in [0.25, 0.3) is 0 Å². The summed E-state index contributed by atoms with van der Waals surface area (Å²) in [5, 5.41) is 10.2. The molecule has 1 aromatic rings. The van der Waals surface area contributed by atoms with Gasteiger partial charge in [0, 0.05) is 9.92 Å². The van der Waals surface area contributed by atoms with Crippen molar-refractivity contribution in [3.63, 3.8) is 0 Å². The molecule has 18 heavy (non-hydrogen) atoms. The van der Waals surface area contributed by atoms with Crippen LogP contribution >= 0.6 is 23.4 Å². The van der Waals surface area contributed by atoms with E-state index in [1.807, 2.05) is 26.0 Å². The Bertz CT molecular complexity index is 383. The van der Waals surface area contributed by atoms with Gasteiger partial charge in [-0.25, -0.2) is 0 Å². The van der Waals surface area contributed by atoms with E-state index in [0.717, 1.165) is 17.7 Å². The molecule has 0 radical (unpaired) electrons. The summed E-state index contributed by atoms with van der Waals surface area (Å²) in [5.41, 5.74) is 0. The lowest BCUT2D eigenvalue weighted by Gasteiger charge is -2.28. The number of carboxylic acids is 1. The Kier molecular flexibility index (Phi) is 6.03. The van der Waals surface area contributed by atoms with Crippen LogP contribution in [0.3, 0.4) is 0 Å². The zero-order chi connectivity index (χ0) is 13.6. The third-order valence-corrected chi connectivity index (χ3v) is 4.56. The predicted octanol–water partition coefficient (Wildman–Crippen LogP) is 4.86. The lowest BCUT2D eigenvalue weighted by molar-refractivity contribution is -0.140. The third kappa shape index (κ3) is 3.92. The Labute approximate surface area is 118 Å². The van der Waals surface area contributed by atoms with Crippen molar-refractivity contribution >= 4 is 29.3 Å². The van der Waals surface area contributed by atoms with Crippen LogP contribution in [0.4, 0.5) is 0 Å². The Morgan fingerprint density at radius 3 is 2.11 bits per heavy atom. The minimum absolute atomic E-state index is 0.672. The van der Waals surface area contributed by atoms with E-state index in [4.69, 9.17) is 11.6 Å². The van der Waals surface area contributed by atoms with Crippen molar-refractivity contribution in [2.45, 2.75) is 49.2 Å². The minimum atomic E-state index is -0.717. The van der Waals surface area contributed by atoms with E-state index in [1.165, 1.54) is 11.8 Å². The molecule has 0 atom stereocenters. The fourth-order valence-corrected chi connectivity index (χ4v) is 3.57. The molecule has 1 aromatic carbocycles. The summed E-state index contributed by atoms with van der Waals surface area (Å²) in [5.74, 6) is -0.717. The summed E-state index contributed by atoms with van der Waals surface area (Å²) in [7, 11) is 0. The van der Waals surface area contributed by atoms with Crippen LogP contribution in [0.15, 0.2) is 29.2 Å². The second kappa shape index (κ2) is 7.05. The minimum Gasteiger partial charge on any atom is -0.480 e. The highest BCUT2D eigenvalue weighted by Gasteiger charge is 2.37. The highest BCUT2D eigenvalue weighted by Crippen LogP contribution is 2.40. The maximum absolute atomic E-state index is 11.6. The van der Waals surface area contributed by atoms with E-state index in [1.54, 1.807) is 12.1 Å². The molecule has 1 N–H and O–H groups in total. The molecular weight excluding hydrogens is 268 g/mol. The van der Waals surface area contributed by atoms with E-state index in [2.05, 4.69) is 0 Å². The number of thioether (sulfide) groups is 1. The number of aliphatic carboxylic acids is 1. The van der Waals surface area contributed by atoms with Crippen LogP contribution in [0.2, 0.25) is 5.02 Å². The van der Waals surface area contributed by atoms with Crippen LogP contribution < -0.4 is 0 Å². The highest BCUT2D eigenvalue weighted by molar-refractivity contribution is 8.01. The number of rotatable bonds is 7. The summed E-state index contributed by atoms with van der Waals surface area (Å²) < 4.78 is -0.711. The number of hydrogen-bond donors (Lipinski definition) is 1. The maximum Gasteiger partial charge on any atom is 0.320 e. The smallest absolute Gasteiger partial charge is 0.320 e. The van der Waals surface area contributed by atoms with Gasteiger partial charge in [0.15, 0.2) is 0 Å². The van der Waals surface area contributed by atoms with Gasteiger partial charge in [0.1, 0.15) is 4.75 Å². The molecule has 0 amide bonds. The normalized spacial score (nSPS) is 11.5. The zero-order valence-corrected chi connectivity index (χ0v) is 12.4. The molecule has 0 fully saturated rings. The molecule has 0 aliphatic carbocycles. The first-order valence-electron chi connectivity index (χ1n) is 6.22. The molecule has 0 aliphatic heterocycles. The van der Waals surface area contributed by atoms with E-state index in [9.17, 15) is 9.90 Å². The monoisotopic (exact) mass is 286 g/mol. The predicted molar refractivity (Wildman–Crippen MR) is 77.5 cm³/mol. The van der Waals surface area contributed by atoms with Crippen molar-refractivity contribution in [3.05, 3.63) is 29.3 Å². The summed E-state index contributed by atoms with van der Waals surface area (Å²) in [6, 6.07) is 7.37. The van der Waals surface area contributed by atoms with Gasteiger partial charge < -0.3 is 5.11 Å². The SMILES string of the molecule is CCCC(CCC)(Sc1ccc(Cl)cc1)C(=O)O. The van der Waals surface area contributed by atoms with Crippen LogP contribution in [-0.2, 0) is 4.79 Å². The molecule has 0 aliphatic rings. The molecule has 0 aromatic heterocycles. The Morgan fingerprint density at radius 1 is 1.22 bits per heavy atom. The lowest BCUT2D eigenvalue weighted by Crippen LogP contribution is -2.34. The molecule has 1 rings (SSSR count). The molecule has 0 heterocycles. The van der Waals surface area contributed by atoms with Gasteiger partial charge in [-0.3, -0.25) is 4.79 Å². The third-order valence-electron chi connectivity index (χ3n) is 2.82. The molecule has 0 spiro atoms. The quantitative estimate of drug-likeness (QED) is 0.728. The average Bonchev–Trinajstić information content (AvgIpc) is 2.32. The standard InChI is InChI=1S/C14H19ClO2S/c1-3-9-14(10-4-2,13(16)17)18-12-7-5-11(15)6-8-12/h5-8H,3-4,9-10H2,1-2H3,(H,16,17). The second-order valence-electron chi connectivity index (χ2n) is 4.36. The number of hydrogen-bond acceptors (Lipinski definition) is 2. The Hall–Kier alpha value is -0.670. The van der Waals surface area contributed by atoms with Crippen molar-refractivity contribution in [2.24, 2.45) is 0 Å². The second-order valence-corrected chi connectivity index (χ2v) is 6.25. The van der Waals surface area contributed by atoms with Gasteiger partial charge in [-0.2, -0.15) is 0 Å². The van der Waals surface area contributed by atoms with Crippen LogP contribution in [0, 0.1) is 0 Å². The summed E-state index contributed by atoms with van der Waals surface area (Å²) in [4.78, 5) is 12.6. The molecule has 100 valence electrons. The number of carbonyl (C=O) groups is 1. The van der Waals surface area contributed by atoms with Crippen molar-refractivity contribution in [1.82, 2.24) is 0 Å². The van der Waals surface area contributed by atoms with Crippen molar-refractivity contribution in [1.29, 1.82) is 0 Å². The fourth-order valence-electron chi connectivity index (χ4n) is 2.02. The summed E-state index contributed by atoms with van der Waals surface area (Å²) in [6.45, 7) is 4.05. The van der Waals surface area contributed by atoms with Crippen molar-refractivity contribution in [2.75, 3.05) is 0 Å². The first kappa shape index (κ1) is 15.4. The van der Waals surface area contributed by atoms with Gasteiger partial charge in [0.05, 0.1) is 0 Å². The first-order chi connectivity index (χ1) is 8.54. The van der Waals surface area contributed by atoms with Gasteiger partial charge in [0.2, 0.25) is 0 Å². The Morgan fingerprint density at radius 2 is 1.72 bits per heavy atom. The lowest BCUT2D eigenvalue weighted by atomic mass is 9.97. The highest BCUT2D eigenvalue weighted by atomic mass is 35.5. The molecule has 0 saturated carbocycles. The van der Waals surface area contributed by atoms with E-state index in [-0.39, 0.29) is 0 Å². The Balaban J connectivity index is 2.95. The van der Waals surface area contributed by atoms with E-state index in [0.29, 0.717) is 17.9 Å². The van der Waals surface area contributed by atoms with Crippen molar-refractivity contribution in [3.8, 4) is 0 Å². The van der Waals surface area contributed by atoms with Crippen LogP contribution in [-0.4, -0.2) is 15.8 Å². The van der Waals surface area contributed by atoms with Gasteiger partial charge in [0.25, 0.3) is 0 Å². The van der Waals surface area contributed by atoms with E-state index < -0.39 is 10.7 Å². The largest absolute Gasteiger partial charge is 0.480 e. The number of carboxylic acid groups (broad SMARTS) is 1. The van der Waals surface area contributed by atoms with Gasteiger partial charge >= 0.3 is 5.97 Å². The van der Waals surface area contributed by atoms with Gasteiger partial charge in [-0.15, -0.1) is 11.8 Å². The first-order valence-corrected chi connectivity index (χ1v) is 7.41. The molecule has 0 bridgehead atoms. The van der Waals surface area contributed by atoms with Crippen LogP contribution in [0.1, 0.15) is 39.5 Å². The van der Waals surface area contributed by atoms with Crippen LogP contribution in [0.5, 0.6) is 0 Å². The molecular formula is C14H19ClO2S. The zero-order valence-electron chi connectivity index (χ0n) is 10.8. The average molecular weight is 287 g/mol. The molecule has 0 unspecified atom stereocenters. The molecule has 2 nitrogen and oxygen atoms in total. The summed E-state index contributed by atoms with van der Waals surface area (Å²) in [6.07, 6.45) is 3.10. The van der Waals surface area contributed by atoms with Crippen molar-refractivity contribution < 1.29 is 9.90 Å². The fraction of sp³-hybridized carbons (Fsp3) is 0.500. The van der Waals surface area contributed by atoms with Gasteiger partial charge in [-0.1, -0.05) is 38.3 Å².